The molecule has 0 N–H and O–H groups in total. The van der Waals surface area contributed by atoms with Crippen LogP contribution in [0.5, 0.6) is 0 Å². The van der Waals surface area contributed by atoms with Crippen LogP contribution in [0, 0.1) is 5.92 Å². The van der Waals surface area contributed by atoms with Gasteiger partial charge in [-0.05, 0) is 27.7 Å². The zero-order valence-electron chi connectivity index (χ0n) is 8.14. The van der Waals surface area contributed by atoms with E-state index in [1.54, 1.807) is 0 Å². The van der Waals surface area contributed by atoms with Crippen LogP contribution in [-0.4, -0.2) is 11.2 Å². The van der Waals surface area contributed by atoms with Gasteiger partial charge < -0.3 is 4.74 Å². The van der Waals surface area contributed by atoms with Crippen molar-refractivity contribution in [3.8, 4) is 0 Å². The smallest absolute Gasteiger partial charge is 0.0814 e. The largest absolute Gasteiger partial charge is 0.365 e. The molecule has 0 aliphatic carbocycles. The summed E-state index contributed by atoms with van der Waals surface area (Å²) in [5.74, 6) is 0.510. The van der Waals surface area contributed by atoms with Gasteiger partial charge in [0.1, 0.15) is 0 Å². The lowest BCUT2D eigenvalue weighted by molar-refractivity contribution is -0.125. The van der Waals surface area contributed by atoms with Crippen molar-refractivity contribution >= 4 is 0 Å². The molecule has 1 atom stereocenters. The first-order valence-corrected chi connectivity index (χ1v) is 4.23. The van der Waals surface area contributed by atoms with Gasteiger partial charge in [-0.15, -0.1) is 0 Å². The van der Waals surface area contributed by atoms with E-state index in [9.17, 15) is 0 Å². The topological polar surface area (TPSA) is 9.23 Å². The Bertz CT molecular complexity index is 177. The highest BCUT2D eigenvalue weighted by molar-refractivity contribution is 5.08. The van der Waals surface area contributed by atoms with Crippen molar-refractivity contribution in [2.24, 2.45) is 5.92 Å². The second-order valence-corrected chi connectivity index (χ2v) is 4.46. The summed E-state index contributed by atoms with van der Waals surface area (Å²) in [6, 6.07) is 0. The predicted octanol–water partition coefficient (Wildman–Crippen LogP) is 2.77. The molecule has 0 radical (unpaired) electrons. The van der Waals surface area contributed by atoms with Crippen LogP contribution < -0.4 is 0 Å². The molecule has 1 aliphatic heterocycles. The van der Waals surface area contributed by atoms with Crippen molar-refractivity contribution < 1.29 is 4.74 Å². The molecule has 1 aliphatic rings. The maximum absolute atomic E-state index is 5.89. The highest BCUT2D eigenvalue weighted by atomic mass is 16.5. The quantitative estimate of drug-likeness (QED) is 0.487. The second-order valence-electron chi connectivity index (χ2n) is 4.46. The number of hydrogen-bond donors (Lipinski definition) is 0. The Labute approximate surface area is 69.4 Å². The Morgan fingerprint density at radius 1 is 1.18 bits per heavy atom. The lowest BCUT2D eigenvalue weighted by atomic mass is 9.86. The van der Waals surface area contributed by atoms with E-state index >= 15 is 0 Å². The standard InChI is InChI=1S/C10H18O/c1-8-6-7-9(2,3)11-10(8,4)5/h6-8H,1-5H3. The highest BCUT2D eigenvalue weighted by Gasteiger charge is 2.34. The fourth-order valence-corrected chi connectivity index (χ4v) is 1.41. The summed E-state index contributed by atoms with van der Waals surface area (Å²) >= 11 is 0. The Morgan fingerprint density at radius 2 is 1.73 bits per heavy atom. The van der Waals surface area contributed by atoms with Gasteiger partial charge in [-0.1, -0.05) is 19.1 Å². The van der Waals surface area contributed by atoms with Gasteiger partial charge in [-0.25, -0.2) is 0 Å². The van der Waals surface area contributed by atoms with Gasteiger partial charge in [0.25, 0.3) is 0 Å². The summed E-state index contributed by atoms with van der Waals surface area (Å²) in [5, 5.41) is 0. The molecule has 1 unspecified atom stereocenters. The van der Waals surface area contributed by atoms with E-state index in [0.717, 1.165) is 0 Å². The number of rotatable bonds is 0. The second kappa shape index (κ2) is 2.34. The van der Waals surface area contributed by atoms with E-state index in [0.29, 0.717) is 5.92 Å². The molecule has 0 spiro atoms. The molecule has 0 fully saturated rings. The van der Waals surface area contributed by atoms with Crippen LogP contribution in [0.3, 0.4) is 0 Å². The van der Waals surface area contributed by atoms with Crippen LogP contribution in [0.1, 0.15) is 34.6 Å². The molecule has 0 aromatic heterocycles. The van der Waals surface area contributed by atoms with Gasteiger partial charge in [-0.2, -0.15) is 0 Å². The van der Waals surface area contributed by atoms with Crippen molar-refractivity contribution in [3.63, 3.8) is 0 Å². The molecular weight excluding hydrogens is 136 g/mol. The van der Waals surface area contributed by atoms with E-state index in [-0.39, 0.29) is 11.2 Å². The molecule has 0 saturated carbocycles. The average Bonchev–Trinajstić information content (AvgIpc) is 1.77. The van der Waals surface area contributed by atoms with E-state index in [1.807, 2.05) is 0 Å². The molecule has 1 heterocycles. The number of hydrogen-bond acceptors (Lipinski definition) is 1. The number of ether oxygens (including phenoxy) is 1. The summed E-state index contributed by atoms with van der Waals surface area (Å²) in [5.41, 5.74) is -0.103. The van der Waals surface area contributed by atoms with Crippen molar-refractivity contribution in [3.05, 3.63) is 12.2 Å². The maximum atomic E-state index is 5.89. The zero-order valence-corrected chi connectivity index (χ0v) is 8.14. The lowest BCUT2D eigenvalue weighted by Gasteiger charge is -2.41. The molecule has 0 saturated heterocycles. The van der Waals surface area contributed by atoms with E-state index < -0.39 is 0 Å². The molecule has 0 aromatic rings. The monoisotopic (exact) mass is 154 g/mol. The van der Waals surface area contributed by atoms with Gasteiger partial charge in [-0.3, -0.25) is 0 Å². The molecule has 1 heteroatoms. The van der Waals surface area contributed by atoms with Gasteiger partial charge >= 0.3 is 0 Å². The van der Waals surface area contributed by atoms with Crippen LogP contribution in [-0.2, 0) is 4.74 Å². The van der Waals surface area contributed by atoms with Crippen molar-refractivity contribution in [2.75, 3.05) is 0 Å². The molecule has 0 bridgehead atoms. The average molecular weight is 154 g/mol. The Balaban J connectivity index is 2.85. The minimum atomic E-state index is -0.0873. The SMILES string of the molecule is CC1C=CC(C)(C)OC1(C)C. The minimum absolute atomic E-state index is 0.0156. The summed E-state index contributed by atoms with van der Waals surface area (Å²) < 4.78 is 5.89. The summed E-state index contributed by atoms with van der Waals surface area (Å²) in [6.45, 7) is 10.7. The molecule has 1 rings (SSSR count). The molecule has 11 heavy (non-hydrogen) atoms. The van der Waals surface area contributed by atoms with E-state index in [4.69, 9.17) is 4.74 Å². The van der Waals surface area contributed by atoms with Crippen LogP contribution in [0.25, 0.3) is 0 Å². The summed E-state index contributed by atoms with van der Waals surface area (Å²) in [7, 11) is 0. The molecule has 1 nitrogen and oxygen atoms in total. The third-order valence-electron chi connectivity index (χ3n) is 2.41. The molecule has 0 aromatic carbocycles. The summed E-state index contributed by atoms with van der Waals surface area (Å²) in [6.07, 6.45) is 4.38. The van der Waals surface area contributed by atoms with Crippen LogP contribution in [0.4, 0.5) is 0 Å². The Morgan fingerprint density at radius 3 is 2.09 bits per heavy atom. The van der Waals surface area contributed by atoms with Crippen LogP contribution >= 0.6 is 0 Å². The molecular formula is C10H18O. The Hall–Kier alpha value is -0.300. The Kier molecular flexibility index (Phi) is 1.87. The van der Waals surface area contributed by atoms with Gasteiger partial charge in [0, 0.05) is 5.92 Å². The first kappa shape index (κ1) is 8.79. The first-order chi connectivity index (χ1) is 4.83. The lowest BCUT2D eigenvalue weighted by Crippen LogP contribution is -2.43. The fraction of sp³-hybridized carbons (Fsp3) is 0.800. The third kappa shape index (κ3) is 1.84. The van der Waals surface area contributed by atoms with Gasteiger partial charge in [0.2, 0.25) is 0 Å². The maximum Gasteiger partial charge on any atom is 0.0814 e. The van der Waals surface area contributed by atoms with Crippen molar-refractivity contribution in [1.82, 2.24) is 0 Å². The van der Waals surface area contributed by atoms with Crippen molar-refractivity contribution in [1.29, 1.82) is 0 Å². The molecule has 64 valence electrons. The predicted molar refractivity (Wildman–Crippen MR) is 47.5 cm³/mol. The van der Waals surface area contributed by atoms with E-state index in [1.165, 1.54) is 0 Å². The van der Waals surface area contributed by atoms with Crippen LogP contribution in [0.2, 0.25) is 0 Å². The highest BCUT2D eigenvalue weighted by Crippen LogP contribution is 2.33. The fourth-order valence-electron chi connectivity index (χ4n) is 1.41. The van der Waals surface area contributed by atoms with Crippen LogP contribution in [0.15, 0.2) is 12.2 Å². The third-order valence-corrected chi connectivity index (χ3v) is 2.41. The molecule has 0 amide bonds. The summed E-state index contributed by atoms with van der Waals surface area (Å²) in [4.78, 5) is 0. The van der Waals surface area contributed by atoms with Gasteiger partial charge in [0.05, 0.1) is 11.2 Å². The minimum Gasteiger partial charge on any atom is -0.365 e. The first-order valence-electron chi connectivity index (χ1n) is 4.23. The van der Waals surface area contributed by atoms with Gasteiger partial charge in [0.15, 0.2) is 0 Å². The van der Waals surface area contributed by atoms with E-state index in [2.05, 4.69) is 46.8 Å². The normalized spacial score (nSPS) is 33.7. The zero-order chi connectivity index (χ0) is 8.70. The van der Waals surface area contributed by atoms with Crippen molar-refractivity contribution in [2.45, 2.75) is 45.8 Å².